The Balaban J connectivity index is 1.89. The topological polar surface area (TPSA) is 32.3 Å². The van der Waals surface area contributed by atoms with Crippen LogP contribution < -0.4 is 5.32 Å². The smallest absolute Gasteiger partial charge is 0.234 e. The number of hydrogen-bond donors (Lipinski definition) is 1. The van der Waals surface area contributed by atoms with Gasteiger partial charge in [0, 0.05) is 10.9 Å². The van der Waals surface area contributed by atoms with E-state index in [2.05, 4.69) is 5.32 Å². The van der Waals surface area contributed by atoms with Crippen molar-refractivity contribution < 1.29 is 9.18 Å². The molecule has 1 heterocycles. The van der Waals surface area contributed by atoms with Crippen molar-refractivity contribution in [3.05, 3.63) is 58.0 Å². The van der Waals surface area contributed by atoms with Crippen LogP contribution in [0.5, 0.6) is 0 Å². The third kappa shape index (κ3) is 4.39. The molecule has 1 amide bonds. The van der Waals surface area contributed by atoms with Gasteiger partial charge >= 0.3 is 0 Å². The second kappa shape index (κ2) is 7.51. The molecule has 2 aromatic rings. The van der Waals surface area contributed by atoms with E-state index in [0.29, 0.717) is 6.54 Å². The molecule has 0 aliphatic carbocycles. The van der Waals surface area contributed by atoms with Crippen LogP contribution in [0.3, 0.4) is 0 Å². The molecule has 0 radical (unpaired) electrons. The lowest BCUT2D eigenvalue weighted by atomic mass is 10.1. The third-order valence-electron chi connectivity index (χ3n) is 3.75. The van der Waals surface area contributed by atoms with Gasteiger partial charge in [0.15, 0.2) is 0 Å². The average Bonchev–Trinajstić information content (AvgIpc) is 3.01. The van der Waals surface area contributed by atoms with Gasteiger partial charge in [-0.15, -0.1) is 11.3 Å². The second-order valence-electron chi connectivity index (χ2n) is 5.45. The minimum atomic E-state index is -0.249. The molecule has 0 aliphatic rings. The highest BCUT2D eigenvalue weighted by Crippen LogP contribution is 2.20. The van der Waals surface area contributed by atoms with E-state index in [0.717, 1.165) is 10.4 Å². The van der Waals surface area contributed by atoms with Gasteiger partial charge in [-0.2, -0.15) is 0 Å². The molecule has 3 nitrogen and oxygen atoms in total. The van der Waals surface area contributed by atoms with Crippen LogP contribution in [-0.4, -0.2) is 24.4 Å². The first-order valence-electron chi connectivity index (χ1n) is 7.26. The number of likely N-dealkylation sites (N-methyl/N-ethyl adjacent to an activating group) is 1. The first-order chi connectivity index (χ1) is 10.5. The fourth-order valence-corrected chi connectivity index (χ4v) is 2.99. The van der Waals surface area contributed by atoms with Crippen molar-refractivity contribution >= 4 is 17.2 Å². The number of benzene rings is 1. The molecule has 1 aromatic carbocycles. The Morgan fingerprint density at radius 3 is 2.55 bits per heavy atom. The fourth-order valence-electron chi connectivity index (χ4n) is 2.26. The van der Waals surface area contributed by atoms with Crippen LogP contribution in [0.2, 0.25) is 0 Å². The number of rotatable bonds is 6. The molecule has 118 valence electrons. The largest absolute Gasteiger partial charge is 0.348 e. The lowest BCUT2D eigenvalue weighted by Gasteiger charge is -2.25. The van der Waals surface area contributed by atoms with Crippen molar-refractivity contribution in [2.24, 2.45) is 0 Å². The minimum Gasteiger partial charge on any atom is -0.348 e. The molecule has 0 spiro atoms. The summed E-state index contributed by atoms with van der Waals surface area (Å²) in [4.78, 5) is 15.2. The Kier molecular flexibility index (Phi) is 5.69. The lowest BCUT2D eigenvalue weighted by Crippen LogP contribution is -2.37. The number of nitrogens with one attached hydrogen (secondary N) is 1. The number of thiophene rings is 1. The quantitative estimate of drug-likeness (QED) is 0.879. The van der Waals surface area contributed by atoms with Crippen LogP contribution in [0, 0.1) is 5.82 Å². The Morgan fingerprint density at radius 2 is 1.95 bits per heavy atom. The second-order valence-corrected chi connectivity index (χ2v) is 6.43. The van der Waals surface area contributed by atoms with Crippen molar-refractivity contribution in [1.29, 1.82) is 0 Å². The highest BCUT2D eigenvalue weighted by atomic mass is 32.1. The van der Waals surface area contributed by atoms with E-state index >= 15 is 0 Å². The van der Waals surface area contributed by atoms with Gasteiger partial charge in [0.25, 0.3) is 0 Å². The molecule has 0 saturated heterocycles. The SMILES string of the molecule is C[C@H](NC(=O)CN(C)[C@H](C)c1ccc(F)cc1)c1cccs1. The van der Waals surface area contributed by atoms with Gasteiger partial charge in [-0.25, -0.2) is 4.39 Å². The van der Waals surface area contributed by atoms with Gasteiger partial charge in [0.2, 0.25) is 5.91 Å². The molecule has 0 unspecified atom stereocenters. The number of amides is 1. The van der Waals surface area contributed by atoms with Crippen LogP contribution in [0.15, 0.2) is 41.8 Å². The molecule has 1 N–H and O–H groups in total. The molecule has 22 heavy (non-hydrogen) atoms. The Morgan fingerprint density at radius 1 is 1.27 bits per heavy atom. The molecular weight excluding hydrogens is 299 g/mol. The van der Waals surface area contributed by atoms with Crippen LogP contribution >= 0.6 is 11.3 Å². The van der Waals surface area contributed by atoms with Gasteiger partial charge < -0.3 is 5.32 Å². The average molecular weight is 320 g/mol. The molecule has 1 aromatic heterocycles. The van der Waals surface area contributed by atoms with E-state index in [4.69, 9.17) is 0 Å². The molecule has 2 rings (SSSR count). The third-order valence-corrected chi connectivity index (χ3v) is 4.81. The van der Waals surface area contributed by atoms with Gasteiger partial charge in [-0.05, 0) is 50.0 Å². The van der Waals surface area contributed by atoms with Gasteiger partial charge in [0.05, 0.1) is 12.6 Å². The maximum absolute atomic E-state index is 13.0. The standard InChI is InChI=1S/C17H21FN2OS/c1-12(16-5-4-10-22-16)19-17(21)11-20(3)13(2)14-6-8-15(18)9-7-14/h4-10,12-13H,11H2,1-3H3,(H,19,21)/t12-,13+/m0/s1. The minimum absolute atomic E-state index is 0.0158. The lowest BCUT2D eigenvalue weighted by molar-refractivity contribution is -0.123. The first kappa shape index (κ1) is 16.6. The van der Waals surface area contributed by atoms with E-state index in [-0.39, 0.29) is 23.8 Å². The molecule has 5 heteroatoms. The predicted molar refractivity (Wildman–Crippen MR) is 88.3 cm³/mol. The van der Waals surface area contributed by atoms with Crippen molar-refractivity contribution in [2.75, 3.05) is 13.6 Å². The number of carbonyl (C=O) groups excluding carboxylic acids is 1. The number of carbonyl (C=O) groups is 1. The van der Waals surface area contributed by atoms with E-state index in [1.807, 2.05) is 43.3 Å². The summed E-state index contributed by atoms with van der Waals surface area (Å²) in [6, 6.07) is 10.4. The van der Waals surface area contributed by atoms with Crippen LogP contribution in [0.25, 0.3) is 0 Å². The van der Waals surface area contributed by atoms with Crippen molar-refractivity contribution in [2.45, 2.75) is 25.9 Å². The number of hydrogen-bond acceptors (Lipinski definition) is 3. The first-order valence-corrected chi connectivity index (χ1v) is 8.14. The normalized spacial score (nSPS) is 13.9. The van der Waals surface area contributed by atoms with Crippen LogP contribution in [0.1, 0.15) is 36.4 Å². The van der Waals surface area contributed by atoms with E-state index in [9.17, 15) is 9.18 Å². The molecule has 0 bridgehead atoms. The number of nitrogens with zero attached hydrogens (tertiary/aromatic N) is 1. The molecule has 0 saturated carbocycles. The fraction of sp³-hybridized carbons (Fsp3) is 0.353. The van der Waals surface area contributed by atoms with E-state index < -0.39 is 0 Å². The summed E-state index contributed by atoms with van der Waals surface area (Å²) in [5.74, 6) is -0.265. The van der Waals surface area contributed by atoms with Crippen LogP contribution in [-0.2, 0) is 4.79 Å². The summed E-state index contributed by atoms with van der Waals surface area (Å²) < 4.78 is 13.0. The maximum Gasteiger partial charge on any atom is 0.234 e. The summed E-state index contributed by atoms with van der Waals surface area (Å²) in [7, 11) is 1.89. The highest BCUT2D eigenvalue weighted by Gasteiger charge is 2.17. The Labute approximate surface area is 134 Å². The van der Waals surface area contributed by atoms with Gasteiger partial charge in [0.1, 0.15) is 5.82 Å². The van der Waals surface area contributed by atoms with Crippen molar-refractivity contribution in [1.82, 2.24) is 10.2 Å². The monoisotopic (exact) mass is 320 g/mol. The molecular formula is C17H21FN2OS. The van der Waals surface area contributed by atoms with Gasteiger partial charge in [-0.3, -0.25) is 9.69 Å². The Hall–Kier alpha value is -1.72. The highest BCUT2D eigenvalue weighted by molar-refractivity contribution is 7.10. The molecule has 2 atom stereocenters. The maximum atomic E-state index is 13.0. The van der Waals surface area contributed by atoms with E-state index in [1.165, 1.54) is 12.1 Å². The summed E-state index contributed by atoms with van der Waals surface area (Å²) >= 11 is 1.63. The zero-order chi connectivity index (χ0) is 16.1. The van der Waals surface area contributed by atoms with Crippen molar-refractivity contribution in [3.8, 4) is 0 Å². The van der Waals surface area contributed by atoms with Crippen LogP contribution in [0.4, 0.5) is 4.39 Å². The zero-order valence-electron chi connectivity index (χ0n) is 13.0. The summed E-state index contributed by atoms with van der Waals surface area (Å²) in [5.41, 5.74) is 0.989. The van der Waals surface area contributed by atoms with E-state index in [1.54, 1.807) is 23.5 Å². The summed E-state index contributed by atoms with van der Waals surface area (Å²) in [5, 5.41) is 5.00. The predicted octanol–water partition coefficient (Wildman–Crippen LogP) is 3.76. The molecule has 0 fully saturated rings. The number of halogens is 1. The van der Waals surface area contributed by atoms with Crippen molar-refractivity contribution in [3.63, 3.8) is 0 Å². The molecule has 0 aliphatic heterocycles. The van der Waals surface area contributed by atoms with Gasteiger partial charge in [-0.1, -0.05) is 18.2 Å². The summed E-state index contributed by atoms with van der Waals surface area (Å²) in [6.07, 6.45) is 0. The Bertz CT molecular complexity index is 598. The summed E-state index contributed by atoms with van der Waals surface area (Å²) in [6.45, 7) is 4.28. The zero-order valence-corrected chi connectivity index (χ0v) is 13.9.